The minimum atomic E-state index is -4.83. The molecule has 25 heavy (non-hydrogen) atoms. The number of rotatable bonds is 3. The highest BCUT2D eigenvalue weighted by Crippen LogP contribution is 2.22. The third-order valence-corrected chi connectivity index (χ3v) is 3.91. The van der Waals surface area contributed by atoms with Crippen LogP contribution in [0.4, 0.5) is 19.0 Å². The zero-order chi connectivity index (χ0) is 18.0. The predicted molar refractivity (Wildman–Crippen MR) is 81.8 cm³/mol. The maximum atomic E-state index is 12.5. The van der Waals surface area contributed by atoms with Crippen molar-refractivity contribution in [3.8, 4) is 11.4 Å². The first-order valence-corrected chi connectivity index (χ1v) is 7.78. The molecule has 0 radical (unpaired) electrons. The van der Waals surface area contributed by atoms with Crippen LogP contribution in [-0.4, -0.2) is 58.3 Å². The van der Waals surface area contributed by atoms with Crippen molar-refractivity contribution in [3.05, 3.63) is 24.2 Å². The van der Waals surface area contributed by atoms with E-state index in [0.717, 1.165) is 4.90 Å². The Balaban J connectivity index is 1.63. The Morgan fingerprint density at radius 3 is 2.48 bits per heavy atom. The smallest absolute Gasteiger partial charge is 0.353 e. The molecule has 0 aromatic carbocycles. The van der Waals surface area contributed by atoms with E-state index in [-0.39, 0.29) is 26.2 Å². The van der Waals surface area contributed by atoms with Gasteiger partial charge >= 0.3 is 12.1 Å². The van der Waals surface area contributed by atoms with Gasteiger partial charge in [-0.15, -0.1) is 0 Å². The standard InChI is InChI=1S/C15H16F3N5O2/c1-2-12-20-13(21-25-12)10-3-4-11(19-9-10)22-5-7-23(8-6-22)14(24)15(16,17)18/h3-4,9H,2,5-8H2,1H3. The normalized spacial score (nSPS) is 15.5. The SMILES string of the molecule is CCc1nc(-c2ccc(N3CCN(C(=O)C(F)(F)F)CC3)nc2)no1. The first-order valence-electron chi connectivity index (χ1n) is 7.78. The Hall–Kier alpha value is -2.65. The van der Waals surface area contributed by atoms with Gasteiger partial charge in [0.15, 0.2) is 0 Å². The number of aryl methyl sites for hydroxylation is 1. The van der Waals surface area contributed by atoms with E-state index in [1.165, 1.54) is 0 Å². The molecule has 2 aromatic rings. The average molecular weight is 355 g/mol. The van der Waals surface area contributed by atoms with Gasteiger partial charge in [0.1, 0.15) is 5.82 Å². The van der Waals surface area contributed by atoms with Crippen molar-refractivity contribution in [2.45, 2.75) is 19.5 Å². The number of amides is 1. The summed E-state index contributed by atoms with van der Waals surface area (Å²) < 4.78 is 42.4. The van der Waals surface area contributed by atoms with E-state index in [9.17, 15) is 18.0 Å². The Labute approximate surface area is 141 Å². The number of hydrogen-bond acceptors (Lipinski definition) is 6. The quantitative estimate of drug-likeness (QED) is 0.837. The molecule has 0 atom stereocenters. The van der Waals surface area contributed by atoms with E-state index in [1.54, 1.807) is 18.3 Å². The summed E-state index contributed by atoms with van der Waals surface area (Å²) in [5, 5.41) is 3.86. The zero-order valence-electron chi connectivity index (χ0n) is 13.5. The van der Waals surface area contributed by atoms with Crippen molar-refractivity contribution in [3.63, 3.8) is 0 Å². The van der Waals surface area contributed by atoms with Crippen LogP contribution in [0.25, 0.3) is 11.4 Å². The average Bonchev–Trinajstić information content (AvgIpc) is 3.10. The lowest BCUT2D eigenvalue weighted by Gasteiger charge is -2.35. The van der Waals surface area contributed by atoms with Crippen LogP contribution in [0.3, 0.4) is 0 Å². The summed E-state index contributed by atoms with van der Waals surface area (Å²) in [6, 6.07) is 3.53. The second-order valence-electron chi connectivity index (χ2n) is 5.55. The van der Waals surface area contributed by atoms with Crippen molar-refractivity contribution in [2.24, 2.45) is 0 Å². The summed E-state index contributed by atoms with van der Waals surface area (Å²) in [7, 11) is 0. The van der Waals surface area contributed by atoms with Crippen LogP contribution >= 0.6 is 0 Å². The zero-order valence-corrected chi connectivity index (χ0v) is 13.5. The molecule has 3 heterocycles. The van der Waals surface area contributed by atoms with Crippen LogP contribution in [0.15, 0.2) is 22.9 Å². The van der Waals surface area contributed by atoms with Crippen LogP contribution < -0.4 is 4.90 Å². The van der Waals surface area contributed by atoms with Gasteiger partial charge in [-0.25, -0.2) is 4.98 Å². The molecule has 1 amide bonds. The molecule has 1 saturated heterocycles. The molecular weight excluding hydrogens is 339 g/mol. The molecule has 1 aliphatic rings. The van der Waals surface area contributed by atoms with Gasteiger partial charge in [-0.05, 0) is 12.1 Å². The van der Waals surface area contributed by atoms with Gasteiger partial charge < -0.3 is 14.3 Å². The van der Waals surface area contributed by atoms with Crippen molar-refractivity contribution < 1.29 is 22.5 Å². The number of pyridine rings is 1. The van der Waals surface area contributed by atoms with Crippen molar-refractivity contribution in [1.82, 2.24) is 20.0 Å². The lowest BCUT2D eigenvalue weighted by atomic mass is 10.2. The fourth-order valence-corrected chi connectivity index (χ4v) is 2.54. The Bertz CT molecular complexity index is 736. The lowest BCUT2D eigenvalue weighted by molar-refractivity contribution is -0.185. The number of halogens is 3. The molecular formula is C15H16F3N5O2. The number of carbonyl (C=O) groups is 1. The molecule has 1 aliphatic heterocycles. The fourth-order valence-electron chi connectivity index (χ4n) is 2.54. The van der Waals surface area contributed by atoms with E-state index in [2.05, 4.69) is 15.1 Å². The number of nitrogens with zero attached hydrogens (tertiary/aromatic N) is 5. The summed E-state index contributed by atoms with van der Waals surface area (Å²) in [6.45, 7) is 2.49. The molecule has 0 spiro atoms. The second-order valence-corrected chi connectivity index (χ2v) is 5.55. The van der Waals surface area contributed by atoms with Gasteiger partial charge in [-0.1, -0.05) is 12.1 Å². The monoisotopic (exact) mass is 355 g/mol. The summed E-state index contributed by atoms with van der Waals surface area (Å²) in [4.78, 5) is 22.4. The van der Waals surface area contributed by atoms with Gasteiger partial charge in [0.25, 0.3) is 0 Å². The van der Waals surface area contributed by atoms with Gasteiger partial charge in [-0.3, -0.25) is 4.79 Å². The summed E-state index contributed by atoms with van der Waals surface area (Å²) >= 11 is 0. The summed E-state index contributed by atoms with van der Waals surface area (Å²) in [5.74, 6) is -0.192. The molecule has 10 heteroatoms. The lowest BCUT2D eigenvalue weighted by Crippen LogP contribution is -2.52. The van der Waals surface area contributed by atoms with Gasteiger partial charge in [-0.2, -0.15) is 18.2 Å². The van der Waals surface area contributed by atoms with Crippen LogP contribution in [0.1, 0.15) is 12.8 Å². The number of anilines is 1. The first-order chi connectivity index (χ1) is 11.9. The van der Waals surface area contributed by atoms with E-state index < -0.39 is 12.1 Å². The largest absolute Gasteiger partial charge is 0.471 e. The van der Waals surface area contributed by atoms with E-state index >= 15 is 0 Å². The Morgan fingerprint density at radius 1 is 1.24 bits per heavy atom. The molecule has 0 unspecified atom stereocenters. The minimum Gasteiger partial charge on any atom is -0.353 e. The van der Waals surface area contributed by atoms with Crippen LogP contribution in [0.2, 0.25) is 0 Å². The van der Waals surface area contributed by atoms with Gasteiger partial charge in [0, 0.05) is 44.4 Å². The highest BCUT2D eigenvalue weighted by atomic mass is 19.4. The van der Waals surface area contributed by atoms with E-state index in [0.29, 0.717) is 29.5 Å². The van der Waals surface area contributed by atoms with E-state index in [4.69, 9.17) is 4.52 Å². The molecule has 0 aliphatic carbocycles. The highest BCUT2D eigenvalue weighted by molar-refractivity contribution is 5.82. The number of carbonyl (C=O) groups excluding carboxylic acids is 1. The number of piperazine rings is 1. The maximum Gasteiger partial charge on any atom is 0.471 e. The van der Waals surface area contributed by atoms with Crippen LogP contribution in [0, 0.1) is 0 Å². The Kier molecular flexibility index (Phi) is 4.60. The van der Waals surface area contributed by atoms with Crippen molar-refractivity contribution in [1.29, 1.82) is 0 Å². The topological polar surface area (TPSA) is 75.4 Å². The Morgan fingerprint density at radius 2 is 1.96 bits per heavy atom. The molecule has 0 saturated carbocycles. The molecule has 134 valence electrons. The number of alkyl halides is 3. The molecule has 0 bridgehead atoms. The van der Waals surface area contributed by atoms with Crippen LogP contribution in [-0.2, 0) is 11.2 Å². The third-order valence-electron chi connectivity index (χ3n) is 3.91. The molecule has 3 rings (SSSR count). The minimum absolute atomic E-state index is 0.00643. The highest BCUT2D eigenvalue weighted by Gasteiger charge is 2.43. The van der Waals surface area contributed by atoms with Gasteiger partial charge in [0.2, 0.25) is 11.7 Å². The first kappa shape index (κ1) is 17.2. The molecule has 7 nitrogen and oxygen atoms in total. The van der Waals surface area contributed by atoms with Crippen molar-refractivity contribution >= 4 is 11.7 Å². The molecule has 1 fully saturated rings. The number of hydrogen-bond donors (Lipinski definition) is 0. The molecule has 0 N–H and O–H groups in total. The third kappa shape index (κ3) is 3.72. The fraction of sp³-hybridized carbons (Fsp3) is 0.467. The van der Waals surface area contributed by atoms with Crippen LogP contribution in [0.5, 0.6) is 0 Å². The summed E-state index contributed by atoms with van der Waals surface area (Å²) in [6.07, 6.45) is -2.60. The number of aromatic nitrogens is 3. The maximum absolute atomic E-state index is 12.5. The molecule has 2 aromatic heterocycles. The predicted octanol–water partition coefficient (Wildman–Crippen LogP) is 1.90. The summed E-state index contributed by atoms with van der Waals surface area (Å²) in [5.41, 5.74) is 0.693. The van der Waals surface area contributed by atoms with Crippen molar-refractivity contribution in [2.75, 3.05) is 31.1 Å². The second kappa shape index (κ2) is 6.69. The van der Waals surface area contributed by atoms with Gasteiger partial charge in [0.05, 0.1) is 0 Å². The van der Waals surface area contributed by atoms with E-state index in [1.807, 2.05) is 11.8 Å².